The first-order valence-electron chi connectivity index (χ1n) is 7.44. The maximum Gasteiger partial charge on any atom is 0.308 e. The van der Waals surface area contributed by atoms with E-state index in [9.17, 15) is 9.59 Å². The molecule has 0 amide bonds. The topological polar surface area (TPSA) is 92.3 Å². The number of carbonyl (C=O) groups is 1. The molecule has 1 saturated carbocycles. The van der Waals surface area contributed by atoms with Crippen LogP contribution in [-0.4, -0.2) is 27.7 Å². The number of carboxylic acids is 1. The lowest BCUT2D eigenvalue weighted by Gasteiger charge is -2.36. The van der Waals surface area contributed by atoms with Gasteiger partial charge in [0.15, 0.2) is 0 Å². The summed E-state index contributed by atoms with van der Waals surface area (Å²) in [6.45, 7) is 4.17. The summed E-state index contributed by atoms with van der Waals surface area (Å²) < 4.78 is 5.94. The number of hydrogen-bond donors (Lipinski definition) is 2. The first-order chi connectivity index (χ1) is 9.98. The van der Waals surface area contributed by atoms with Gasteiger partial charge in [-0.2, -0.15) is 0 Å². The van der Waals surface area contributed by atoms with Crippen molar-refractivity contribution in [2.24, 2.45) is 0 Å². The number of ether oxygens (including phenoxy) is 1. The molecule has 0 bridgehead atoms. The number of H-pyrrole nitrogens is 1. The van der Waals surface area contributed by atoms with Crippen molar-refractivity contribution in [2.45, 2.75) is 58.0 Å². The van der Waals surface area contributed by atoms with E-state index in [1.54, 1.807) is 6.92 Å². The Kier molecular flexibility index (Phi) is 4.77. The lowest BCUT2D eigenvalue weighted by Crippen LogP contribution is -2.37. The summed E-state index contributed by atoms with van der Waals surface area (Å²) in [5.41, 5.74) is -0.211. The van der Waals surface area contributed by atoms with Gasteiger partial charge in [0.2, 0.25) is 0 Å². The van der Waals surface area contributed by atoms with E-state index < -0.39 is 11.6 Å². The Labute approximate surface area is 123 Å². The van der Waals surface area contributed by atoms with Crippen molar-refractivity contribution in [3.8, 4) is 0 Å². The molecule has 0 unspecified atom stereocenters. The van der Waals surface area contributed by atoms with Crippen LogP contribution in [0.4, 0.5) is 0 Å². The third-order valence-corrected chi connectivity index (χ3v) is 4.06. The van der Waals surface area contributed by atoms with Gasteiger partial charge in [0, 0.05) is 17.9 Å². The zero-order chi connectivity index (χ0) is 15.5. The molecule has 2 rings (SSSR count). The highest BCUT2D eigenvalue weighted by molar-refractivity contribution is 5.70. The average molecular weight is 294 g/mol. The quantitative estimate of drug-likeness (QED) is 0.865. The Hall–Kier alpha value is -1.69. The summed E-state index contributed by atoms with van der Waals surface area (Å²) in [7, 11) is 0. The first kappa shape index (κ1) is 15.7. The molecule has 0 aliphatic heterocycles. The number of rotatable bonds is 5. The Balaban J connectivity index is 2.43. The number of nitrogens with one attached hydrogen (secondary N) is 1. The van der Waals surface area contributed by atoms with Gasteiger partial charge in [-0.25, -0.2) is 4.98 Å². The van der Waals surface area contributed by atoms with Crippen LogP contribution >= 0.6 is 0 Å². The van der Waals surface area contributed by atoms with Crippen LogP contribution in [0.15, 0.2) is 4.79 Å². The molecule has 1 fully saturated rings. The van der Waals surface area contributed by atoms with Crippen LogP contribution in [0.3, 0.4) is 0 Å². The number of nitrogens with zero attached hydrogens (tertiary/aromatic N) is 1. The van der Waals surface area contributed by atoms with Gasteiger partial charge in [-0.15, -0.1) is 0 Å². The van der Waals surface area contributed by atoms with Crippen LogP contribution in [0.2, 0.25) is 0 Å². The molecule has 1 aliphatic carbocycles. The second kappa shape index (κ2) is 6.39. The summed E-state index contributed by atoms with van der Waals surface area (Å²) in [5, 5.41) is 8.86. The highest BCUT2D eigenvalue weighted by Gasteiger charge is 2.37. The number of hydrogen-bond acceptors (Lipinski definition) is 4. The van der Waals surface area contributed by atoms with Crippen LogP contribution in [0.25, 0.3) is 0 Å². The molecule has 1 aliphatic rings. The summed E-state index contributed by atoms with van der Waals surface area (Å²) in [5.74, 6) is -0.490. The van der Waals surface area contributed by atoms with E-state index in [1.165, 1.54) is 0 Å². The molecule has 0 atom stereocenters. The fourth-order valence-electron chi connectivity index (χ4n) is 3.03. The molecule has 0 radical (unpaired) electrons. The zero-order valence-corrected chi connectivity index (χ0v) is 12.6. The minimum absolute atomic E-state index is 0.216. The van der Waals surface area contributed by atoms with E-state index in [-0.39, 0.29) is 17.5 Å². The van der Waals surface area contributed by atoms with E-state index in [1.807, 2.05) is 6.92 Å². The van der Waals surface area contributed by atoms with Crippen molar-refractivity contribution in [1.82, 2.24) is 9.97 Å². The molecule has 6 nitrogen and oxygen atoms in total. The van der Waals surface area contributed by atoms with Gasteiger partial charge in [0.1, 0.15) is 11.4 Å². The van der Waals surface area contributed by atoms with Gasteiger partial charge in [0.25, 0.3) is 5.56 Å². The van der Waals surface area contributed by atoms with Crippen LogP contribution in [0.1, 0.15) is 56.1 Å². The van der Waals surface area contributed by atoms with E-state index >= 15 is 0 Å². The van der Waals surface area contributed by atoms with Crippen LogP contribution in [-0.2, 0) is 21.6 Å². The van der Waals surface area contributed by atoms with Gasteiger partial charge in [-0.3, -0.25) is 9.59 Å². The van der Waals surface area contributed by atoms with Crippen LogP contribution < -0.4 is 5.56 Å². The van der Waals surface area contributed by atoms with E-state index in [4.69, 9.17) is 9.84 Å². The first-order valence-corrected chi connectivity index (χ1v) is 7.44. The molecule has 0 spiro atoms. The van der Waals surface area contributed by atoms with E-state index in [2.05, 4.69) is 9.97 Å². The Morgan fingerprint density at radius 1 is 1.38 bits per heavy atom. The van der Waals surface area contributed by atoms with Crippen molar-refractivity contribution in [3.05, 3.63) is 27.4 Å². The monoisotopic (exact) mass is 294 g/mol. The summed E-state index contributed by atoms with van der Waals surface area (Å²) in [4.78, 5) is 30.2. The number of carboxylic acid groups (broad SMARTS) is 1. The Morgan fingerprint density at radius 3 is 2.57 bits per heavy atom. The second-order valence-corrected chi connectivity index (χ2v) is 5.54. The molecule has 0 saturated heterocycles. The zero-order valence-electron chi connectivity index (χ0n) is 12.6. The molecule has 1 aromatic heterocycles. The minimum atomic E-state index is -1.03. The molecule has 116 valence electrons. The smallest absolute Gasteiger partial charge is 0.308 e. The molecular formula is C15H22N2O4. The van der Waals surface area contributed by atoms with E-state index in [0.717, 1.165) is 32.1 Å². The third-order valence-electron chi connectivity index (χ3n) is 4.06. The lowest BCUT2D eigenvalue weighted by molar-refractivity contribution is -0.136. The molecular weight excluding hydrogens is 272 g/mol. The fraction of sp³-hybridized carbons (Fsp3) is 0.667. The van der Waals surface area contributed by atoms with Crippen molar-refractivity contribution >= 4 is 5.97 Å². The van der Waals surface area contributed by atoms with Crippen molar-refractivity contribution in [3.63, 3.8) is 0 Å². The van der Waals surface area contributed by atoms with Gasteiger partial charge >= 0.3 is 5.97 Å². The van der Waals surface area contributed by atoms with Crippen molar-refractivity contribution < 1.29 is 14.6 Å². The van der Waals surface area contributed by atoms with Crippen LogP contribution in [0, 0.1) is 6.92 Å². The lowest BCUT2D eigenvalue weighted by atomic mass is 9.83. The minimum Gasteiger partial charge on any atom is -0.481 e. The SMILES string of the molecule is CCOC1(c2nc(C)c(CC(=O)O)c(=O)[nH]2)CCCCC1. The van der Waals surface area contributed by atoms with E-state index in [0.29, 0.717) is 18.1 Å². The highest BCUT2D eigenvalue weighted by atomic mass is 16.5. The summed E-state index contributed by atoms with van der Waals surface area (Å²) in [6, 6.07) is 0. The number of aryl methyl sites for hydroxylation is 1. The summed E-state index contributed by atoms with van der Waals surface area (Å²) in [6.07, 6.45) is 4.60. The predicted octanol–water partition coefficient (Wildman–Crippen LogP) is 1.90. The standard InChI is InChI=1S/C15H22N2O4/c1-3-21-15(7-5-4-6-8-15)14-16-10(2)11(9-12(18)19)13(20)17-14/h3-9H2,1-2H3,(H,18,19)(H,16,17,20). The molecule has 21 heavy (non-hydrogen) atoms. The molecule has 0 aromatic carbocycles. The summed E-state index contributed by atoms with van der Waals surface area (Å²) >= 11 is 0. The van der Waals surface area contributed by atoms with Crippen molar-refractivity contribution in [2.75, 3.05) is 6.61 Å². The highest BCUT2D eigenvalue weighted by Crippen LogP contribution is 2.38. The predicted molar refractivity (Wildman–Crippen MR) is 77.3 cm³/mol. The normalized spacial score (nSPS) is 17.6. The molecule has 1 heterocycles. The van der Waals surface area contributed by atoms with Gasteiger partial charge in [-0.05, 0) is 26.7 Å². The largest absolute Gasteiger partial charge is 0.481 e. The maximum atomic E-state index is 12.2. The molecule has 1 aromatic rings. The van der Waals surface area contributed by atoms with Gasteiger partial charge in [-0.1, -0.05) is 19.3 Å². The van der Waals surface area contributed by atoms with Gasteiger partial charge in [0.05, 0.1) is 6.42 Å². The third kappa shape index (κ3) is 3.32. The second-order valence-electron chi connectivity index (χ2n) is 5.54. The molecule has 2 N–H and O–H groups in total. The maximum absolute atomic E-state index is 12.2. The van der Waals surface area contributed by atoms with Gasteiger partial charge < -0.3 is 14.8 Å². The Morgan fingerprint density at radius 2 is 2.05 bits per heavy atom. The van der Waals surface area contributed by atoms with Crippen molar-refractivity contribution in [1.29, 1.82) is 0 Å². The fourth-order valence-corrected chi connectivity index (χ4v) is 3.03. The van der Waals surface area contributed by atoms with Crippen LogP contribution in [0.5, 0.6) is 0 Å². The molecule has 6 heteroatoms. The number of aromatic amines is 1. The number of aliphatic carboxylic acids is 1. The average Bonchev–Trinajstić information content (AvgIpc) is 2.44. The Bertz CT molecular complexity index is 568. The number of aromatic nitrogens is 2.